The predicted octanol–water partition coefficient (Wildman–Crippen LogP) is 5.45. The van der Waals surface area contributed by atoms with Crippen LogP contribution in [-0.4, -0.2) is 35.7 Å². The maximum absolute atomic E-state index is 13.7. The number of hydrogen-bond donors (Lipinski definition) is 2. The van der Waals surface area contributed by atoms with E-state index in [1.54, 1.807) is 6.07 Å². The molecule has 3 atom stereocenters. The van der Waals surface area contributed by atoms with Gasteiger partial charge in [-0.25, -0.2) is 4.39 Å². The smallest absolute Gasteiger partial charge is 0.393 e. The average Bonchev–Trinajstić information content (AvgIpc) is 3.29. The molecule has 196 valence electrons. The fraction of sp³-hybridized carbons (Fsp3) is 0.429. The Kier molecular flexibility index (Phi) is 6.83. The van der Waals surface area contributed by atoms with Gasteiger partial charge >= 0.3 is 6.18 Å². The molecule has 1 aliphatic heterocycles. The average molecular weight is 517 g/mol. The third kappa shape index (κ3) is 5.28. The van der Waals surface area contributed by atoms with Gasteiger partial charge in [-0.05, 0) is 73.4 Å². The number of nitrogens with one attached hydrogen (secondary N) is 1. The van der Waals surface area contributed by atoms with Gasteiger partial charge in [0.1, 0.15) is 6.17 Å². The molecule has 2 aromatic rings. The highest BCUT2D eigenvalue weighted by atomic mass is 19.4. The third-order valence-electron chi connectivity index (χ3n) is 7.57. The van der Waals surface area contributed by atoms with Crippen molar-refractivity contribution in [1.82, 2.24) is 0 Å². The predicted molar refractivity (Wildman–Crippen MR) is 132 cm³/mol. The zero-order chi connectivity index (χ0) is 26.3. The van der Waals surface area contributed by atoms with Gasteiger partial charge in [-0.15, -0.1) is 0 Å². The number of aliphatic hydroxyl groups is 1. The lowest BCUT2D eigenvalue weighted by molar-refractivity contribution is -0.137. The minimum Gasteiger partial charge on any atom is -0.393 e. The number of aliphatic hydroxyl groups excluding tert-OH is 1. The highest BCUT2D eigenvalue weighted by molar-refractivity contribution is 6.07. The van der Waals surface area contributed by atoms with Crippen LogP contribution >= 0.6 is 0 Å². The molecule has 2 aromatic carbocycles. The maximum Gasteiger partial charge on any atom is 0.416 e. The summed E-state index contributed by atoms with van der Waals surface area (Å²) in [6.45, 7) is 0.104. The number of carbonyl (C=O) groups excluding carboxylic acids is 2. The number of anilines is 2. The van der Waals surface area contributed by atoms with Crippen LogP contribution < -0.4 is 10.2 Å². The molecule has 0 radical (unpaired) electrons. The molecule has 2 N–H and O–H groups in total. The summed E-state index contributed by atoms with van der Waals surface area (Å²) in [5, 5.41) is 12.9. The second-order valence-electron chi connectivity index (χ2n) is 10.1. The fourth-order valence-corrected chi connectivity index (χ4v) is 5.65. The van der Waals surface area contributed by atoms with Gasteiger partial charge in [-0.1, -0.05) is 18.2 Å². The number of benzene rings is 2. The van der Waals surface area contributed by atoms with Crippen molar-refractivity contribution < 1.29 is 32.3 Å². The van der Waals surface area contributed by atoms with Crippen molar-refractivity contribution in [2.45, 2.75) is 63.4 Å². The van der Waals surface area contributed by atoms with Gasteiger partial charge in [-0.3, -0.25) is 9.59 Å². The summed E-state index contributed by atoms with van der Waals surface area (Å²) in [5.74, 6) is -1.38. The lowest BCUT2D eigenvalue weighted by Gasteiger charge is -2.33. The Balaban J connectivity index is 1.45. The highest BCUT2D eigenvalue weighted by Gasteiger charge is 2.38. The molecule has 5 rings (SSSR count). The van der Waals surface area contributed by atoms with Crippen LogP contribution in [-0.2, 0) is 28.6 Å². The normalized spacial score (nSPS) is 24.5. The Hall–Kier alpha value is -3.20. The molecular formula is C28H28F4N2O3. The van der Waals surface area contributed by atoms with E-state index in [0.717, 1.165) is 23.3 Å². The lowest BCUT2D eigenvalue weighted by Crippen LogP contribution is -2.39. The van der Waals surface area contributed by atoms with Crippen LogP contribution in [0.5, 0.6) is 0 Å². The molecule has 0 spiro atoms. The van der Waals surface area contributed by atoms with Gasteiger partial charge in [0.05, 0.1) is 17.4 Å². The Morgan fingerprint density at radius 1 is 1.08 bits per heavy atom. The molecule has 1 fully saturated rings. The van der Waals surface area contributed by atoms with E-state index >= 15 is 0 Å². The number of hydrogen-bond acceptors (Lipinski definition) is 3. The quantitative estimate of drug-likeness (QED) is 0.421. The topological polar surface area (TPSA) is 69.6 Å². The number of alkyl halides is 4. The van der Waals surface area contributed by atoms with Crippen LogP contribution in [0.4, 0.5) is 28.9 Å². The second kappa shape index (κ2) is 9.93. The van der Waals surface area contributed by atoms with Crippen molar-refractivity contribution in [1.29, 1.82) is 0 Å². The summed E-state index contributed by atoms with van der Waals surface area (Å²) < 4.78 is 54.3. The van der Waals surface area contributed by atoms with E-state index in [4.69, 9.17) is 0 Å². The highest BCUT2D eigenvalue weighted by Crippen LogP contribution is 2.41. The van der Waals surface area contributed by atoms with E-state index < -0.39 is 35.8 Å². The second-order valence-corrected chi connectivity index (χ2v) is 10.1. The minimum atomic E-state index is -4.60. The Morgan fingerprint density at radius 3 is 2.62 bits per heavy atom. The van der Waals surface area contributed by atoms with E-state index in [-0.39, 0.29) is 37.4 Å². The zero-order valence-corrected chi connectivity index (χ0v) is 20.2. The molecule has 0 saturated heterocycles. The van der Waals surface area contributed by atoms with E-state index in [9.17, 15) is 32.3 Å². The number of halogens is 4. The zero-order valence-electron chi connectivity index (χ0n) is 20.2. The first-order chi connectivity index (χ1) is 17.6. The number of aryl methyl sites for hydroxylation is 1. The largest absolute Gasteiger partial charge is 0.416 e. The number of fused-ring (bicyclic) bond motifs is 2. The van der Waals surface area contributed by atoms with Crippen LogP contribution in [0.25, 0.3) is 5.57 Å². The van der Waals surface area contributed by atoms with Gasteiger partial charge in [0, 0.05) is 36.2 Å². The van der Waals surface area contributed by atoms with Gasteiger partial charge in [0.25, 0.3) is 0 Å². The lowest BCUT2D eigenvalue weighted by atomic mass is 9.88. The molecule has 3 aliphatic rings. The summed E-state index contributed by atoms with van der Waals surface area (Å²) >= 11 is 0. The van der Waals surface area contributed by atoms with Gasteiger partial charge in [-0.2, -0.15) is 13.2 Å². The molecule has 5 nitrogen and oxygen atoms in total. The van der Waals surface area contributed by atoms with Crippen LogP contribution in [0.1, 0.15) is 54.4 Å². The Morgan fingerprint density at radius 2 is 1.89 bits per heavy atom. The van der Waals surface area contributed by atoms with Gasteiger partial charge in [0.15, 0.2) is 0 Å². The Labute approximate surface area is 212 Å². The summed E-state index contributed by atoms with van der Waals surface area (Å²) in [6.07, 6.45) is -2.01. The van der Waals surface area contributed by atoms with Gasteiger partial charge < -0.3 is 15.3 Å². The van der Waals surface area contributed by atoms with Crippen molar-refractivity contribution >= 4 is 28.8 Å². The van der Waals surface area contributed by atoms with Crippen molar-refractivity contribution in [2.75, 3.05) is 16.8 Å². The van der Waals surface area contributed by atoms with E-state index in [0.29, 0.717) is 42.5 Å². The molecule has 1 heterocycles. The minimum absolute atomic E-state index is 0.0742. The number of amides is 2. The van der Waals surface area contributed by atoms with Crippen LogP contribution in [0.15, 0.2) is 42.5 Å². The molecule has 3 unspecified atom stereocenters. The maximum atomic E-state index is 13.7. The first-order valence-corrected chi connectivity index (χ1v) is 12.6. The molecule has 2 amide bonds. The van der Waals surface area contributed by atoms with E-state index in [2.05, 4.69) is 5.32 Å². The van der Waals surface area contributed by atoms with Crippen LogP contribution in [0, 0.1) is 5.92 Å². The number of nitrogens with zero attached hydrogens (tertiary/aromatic N) is 1. The monoisotopic (exact) mass is 516 g/mol. The van der Waals surface area contributed by atoms with Crippen molar-refractivity contribution in [2.24, 2.45) is 5.92 Å². The summed E-state index contributed by atoms with van der Waals surface area (Å²) in [5.41, 5.74) is 2.64. The van der Waals surface area contributed by atoms with Gasteiger partial charge in [0.2, 0.25) is 11.8 Å². The Bertz CT molecular complexity index is 1260. The molecular weight excluding hydrogens is 488 g/mol. The summed E-state index contributed by atoms with van der Waals surface area (Å²) in [4.78, 5) is 27.5. The first-order valence-electron chi connectivity index (χ1n) is 12.6. The number of carbonyl (C=O) groups is 2. The molecule has 0 aromatic heterocycles. The first kappa shape index (κ1) is 25.4. The summed E-state index contributed by atoms with van der Waals surface area (Å²) in [6, 6.07) is 8.74. The van der Waals surface area contributed by atoms with Crippen molar-refractivity contribution in [3.8, 4) is 0 Å². The van der Waals surface area contributed by atoms with Crippen LogP contribution in [0.2, 0.25) is 0 Å². The van der Waals surface area contributed by atoms with Crippen LogP contribution in [0.3, 0.4) is 0 Å². The molecule has 1 saturated carbocycles. The molecule has 9 heteroatoms. The number of rotatable bonds is 3. The molecule has 37 heavy (non-hydrogen) atoms. The van der Waals surface area contributed by atoms with E-state index in [1.165, 1.54) is 17.0 Å². The van der Waals surface area contributed by atoms with E-state index in [1.807, 2.05) is 12.1 Å². The van der Waals surface area contributed by atoms with Crippen molar-refractivity contribution in [3.63, 3.8) is 0 Å². The fourth-order valence-electron chi connectivity index (χ4n) is 5.65. The SMILES string of the molecule is O=C(/C=C1\CCN(C(=O)C2CCC(F)C2)c2cc(C(F)(F)F)ccc21)Nc1cccc2c1CC(O)CC2. The molecule has 0 bridgehead atoms. The van der Waals surface area contributed by atoms with Crippen molar-refractivity contribution in [3.05, 3.63) is 64.7 Å². The molecule has 2 aliphatic carbocycles. The standard InChI is InChI=1S/C28H28F4N2O3/c29-20-7-4-18(12-20)27(37)34-11-10-17(22-9-6-19(14-25(22)34)28(30,31)32)13-26(36)33-24-3-1-2-16-5-8-21(35)15-23(16)24/h1-3,6,9,13-14,18,20-21,35H,4-5,7-8,10-12,15H2,(H,33,36)/b17-13+. The summed E-state index contributed by atoms with van der Waals surface area (Å²) in [7, 11) is 0. The third-order valence-corrected chi connectivity index (χ3v) is 7.57.